The summed E-state index contributed by atoms with van der Waals surface area (Å²) in [6.45, 7) is 5.09. The maximum atomic E-state index is 9.10. The second-order valence-corrected chi connectivity index (χ2v) is 6.89. The summed E-state index contributed by atoms with van der Waals surface area (Å²) in [4.78, 5) is 4.31. The second-order valence-electron chi connectivity index (χ2n) is 6.89. The Morgan fingerprint density at radius 2 is 2.19 bits per heavy atom. The summed E-state index contributed by atoms with van der Waals surface area (Å²) in [5, 5.41) is 9.10. The van der Waals surface area contributed by atoms with Crippen LogP contribution in [0.3, 0.4) is 0 Å². The molecule has 1 aliphatic rings. The average molecular weight is 372 g/mol. The summed E-state index contributed by atoms with van der Waals surface area (Å²) in [5.74, 6) is 0.900. The summed E-state index contributed by atoms with van der Waals surface area (Å²) in [6.07, 6.45) is 4.56. The van der Waals surface area contributed by atoms with Crippen LogP contribution in [0.25, 0.3) is 0 Å². The molecule has 1 heterocycles. The van der Waals surface area contributed by atoms with E-state index in [1.165, 1.54) is 6.08 Å². The first-order valence-corrected chi connectivity index (χ1v) is 9.10. The number of benzene rings is 1. The van der Waals surface area contributed by atoms with E-state index in [1.54, 1.807) is 19.9 Å². The Morgan fingerprint density at radius 3 is 2.89 bits per heavy atom. The predicted octanol–water partition coefficient (Wildman–Crippen LogP) is 2.99. The fraction of sp³-hybridized carbons (Fsp3) is 0.500. The van der Waals surface area contributed by atoms with Gasteiger partial charge in [0.05, 0.1) is 23.8 Å². The molecule has 1 aliphatic heterocycles. The Balaban J connectivity index is 1.88. The fourth-order valence-electron chi connectivity index (χ4n) is 2.41. The van der Waals surface area contributed by atoms with E-state index < -0.39 is 5.41 Å². The summed E-state index contributed by atoms with van der Waals surface area (Å²) < 4.78 is 16.9. The van der Waals surface area contributed by atoms with Gasteiger partial charge in [0.25, 0.3) is 0 Å². The lowest BCUT2D eigenvalue weighted by Crippen LogP contribution is -2.24. The van der Waals surface area contributed by atoms with Crippen LogP contribution in [0.5, 0.6) is 5.75 Å². The van der Waals surface area contributed by atoms with Crippen LogP contribution in [0, 0.1) is 16.7 Å². The van der Waals surface area contributed by atoms with Crippen molar-refractivity contribution in [1.29, 1.82) is 5.26 Å². The molecule has 0 aromatic heterocycles. The SMILES string of the molecule is CC(C)(C#N)C(N)=CC(N)=Nc1cccc(OCCOC2CCCCO2)c1. The lowest BCUT2D eigenvalue weighted by molar-refractivity contribution is -0.165. The lowest BCUT2D eigenvalue weighted by Gasteiger charge is -2.22. The number of nitrogens with zero attached hydrogens (tertiary/aromatic N) is 2. The number of amidine groups is 1. The van der Waals surface area contributed by atoms with Gasteiger partial charge in [-0.2, -0.15) is 5.26 Å². The molecule has 7 heteroatoms. The van der Waals surface area contributed by atoms with Crippen molar-refractivity contribution in [3.8, 4) is 11.8 Å². The molecule has 1 aromatic carbocycles. The van der Waals surface area contributed by atoms with Crippen molar-refractivity contribution in [3.63, 3.8) is 0 Å². The van der Waals surface area contributed by atoms with E-state index in [9.17, 15) is 0 Å². The molecule has 1 saturated heterocycles. The third-order valence-electron chi connectivity index (χ3n) is 4.17. The number of nitrogens with two attached hydrogens (primary N) is 2. The molecule has 1 unspecified atom stereocenters. The summed E-state index contributed by atoms with van der Waals surface area (Å²) in [6, 6.07) is 9.39. The van der Waals surface area contributed by atoms with Crippen molar-refractivity contribution in [2.24, 2.45) is 21.9 Å². The van der Waals surface area contributed by atoms with Gasteiger partial charge in [-0.15, -0.1) is 0 Å². The number of aliphatic imine (C=N–C) groups is 1. The molecule has 0 amide bonds. The molecule has 2 rings (SSSR count). The minimum absolute atomic E-state index is 0.118. The molecule has 0 aliphatic carbocycles. The first kappa shape index (κ1) is 20.7. The van der Waals surface area contributed by atoms with Crippen LogP contribution in [0.15, 0.2) is 41.0 Å². The van der Waals surface area contributed by atoms with Crippen LogP contribution < -0.4 is 16.2 Å². The van der Waals surface area contributed by atoms with Crippen molar-refractivity contribution in [2.45, 2.75) is 39.4 Å². The van der Waals surface area contributed by atoms with Crippen molar-refractivity contribution < 1.29 is 14.2 Å². The maximum Gasteiger partial charge on any atom is 0.157 e. The molecule has 0 bridgehead atoms. The number of rotatable bonds is 8. The maximum absolute atomic E-state index is 9.10. The quantitative estimate of drug-likeness (QED) is 0.412. The minimum atomic E-state index is -0.798. The van der Waals surface area contributed by atoms with Crippen molar-refractivity contribution in [1.82, 2.24) is 0 Å². The van der Waals surface area contributed by atoms with E-state index >= 15 is 0 Å². The van der Waals surface area contributed by atoms with Gasteiger partial charge >= 0.3 is 0 Å². The van der Waals surface area contributed by atoms with Gasteiger partial charge in [-0.3, -0.25) is 0 Å². The molecule has 1 aromatic rings. The highest BCUT2D eigenvalue weighted by Crippen LogP contribution is 2.22. The van der Waals surface area contributed by atoms with E-state index in [-0.39, 0.29) is 12.1 Å². The Labute approximate surface area is 160 Å². The number of hydrogen-bond acceptors (Lipinski definition) is 6. The zero-order chi connectivity index (χ0) is 19.7. The smallest absolute Gasteiger partial charge is 0.157 e. The third kappa shape index (κ3) is 6.93. The van der Waals surface area contributed by atoms with Gasteiger partial charge in [0.1, 0.15) is 18.2 Å². The minimum Gasteiger partial charge on any atom is -0.491 e. The van der Waals surface area contributed by atoms with Crippen LogP contribution >= 0.6 is 0 Å². The van der Waals surface area contributed by atoms with Crippen LogP contribution in [0.4, 0.5) is 5.69 Å². The van der Waals surface area contributed by atoms with Gasteiger partial charge in [-0.05, 0) is 45.2 Å². The van der Waals surface area contributed by atoms with Crippen LogP contribution in [0.1, 0.15) is 33.1 Å². The molecule has 0 spiro atoms. The largest absolute Gasteiger partial charge is 0.491 e. The van der Waals surface area contributed by atoms with Gasteiger partial charge < -0.3 is 25.7 Å². The molecular weight excluding hydrogens is 344 g/mol. The van der Waals surface area contributed by atoms with Gasteiger partial charge in [0.15, 0.2) is 6.29 Å². The van der Waals surface area contributed by atoms with E-state index in [2.05, 4.69) is 11.1 Å². The van der Waals surface area contributed by atoms with Crippen molar-refractivity contribution >= 4 is 11.5 Å². The Bertz CT molecular complexity index is 716. The van der Waals surface area contributed by atoms with Gasteiger partial charge in [0, 0.05) is 24.4 Å². The first-order valence-electron chi connectivity index (χ1n) is 9.10. The molecule has 0 saturated carbocycles. The molecule has 1 fully saturated rings. The number of hydrogen-bond donors (Lipinski definition) is 2. The highest BCUT2D eigenvalue weighted by atomic mass is 16.7. The van der Waals surface area contributed by atoms with E-state index in [4.69, 9.17) is 30.9 Å². The highest BCUT2D eigenvalue weighted by molar-refractivity contribution is 5.94. The van der Waals surface area contributed by atoms with Gasteiger partial charge in [-0.1, -0.05) is 6.07 Å². The lowest BCUT2D eigenvalue weighted by atomic mass is 9.91. The first-order chi connectivity index (χ1) is 12.9. The van der Waals surface area contributed by atoms with Gasteiger partial charge in [-0.25, -0.2) is 4.99 Å². The molecule has 0 radical (unpaired) electrons. The Kier molecular flexibility index (Phi) is 7.65. The van der Waals surface area contributed by atoms with Crippen molar-refractivity contribution in [3.05, 3.63) is 36.0 Å². The van der Waals surface area contributed by atoms with E-state index in [1.807, 2.05) is 18.2 Å². The second kappa shape index (κ2) is 9.95. The zero-order valence-corrected chi connectivity index (χ0v) is 16.0. The topological polar surface area (TPSA) is 116 Å². The van der Waals surface area contributed by atoms with Gasteiger partial charge in [0.2, 0.25) is 0 Å². The van der Waals surface area contributed by atoms with E-state index in [0.29, 0.717) is 30.3 Å². The highest BCUT2D eigenvalue weighted by Gasteiger charge is 2.20. The normalized spacial score (nSPS) is 18.8. The van der Waals surface area contributed by atoms with Crippen molar-refractivity contribution in [2.75, 3.05) is 19.8 Å². The van der Waals surface area contributed by atoms with Crippen LogP contribution in [-0.4, -0.2) is 31.9 Å². The monoisotopic (exact) mass is 372 g/mol. The van der Waals surface area contributed by atoms with Crippen LogP contribution in [0.2, 0.25) is 0 Å². The standard InChI is InChI=1S/C20H28N4O3/c1-20(2,14-21)17(22)13-18(23)24-15-6-5-7-16(12-15)25-10-11-27-19-8-3-4-9-26-19/h5-7,12-13,19H,3-4,8-11,22H2,1-2H3,(H2,23,24). The molecule has 27 heavy (non-hydrogen) atoms. The summed E-state index contributed by atoms with van der Waals surface area (Å²) in [5.41, 5.74) is 12.0. The van der Waals surface area contributed by atoms with E-state index in [0.717, 1.165) is 25.9 Å². The summed E-state index contributed by atoms with van der Waals surface area (Å²) >= 11 is 0. The molecule has 146 valence electrons. The summed E-state index contributed by atoms with van der Waals surface area (Å²) in [7, 11) is 0. The number of nitriles is 1. The molecular formula is C20H28N4O3. The predicted molar refractivity (Wildman–Crippen MR) is 104 cm³/mol. The molecule has 7 nitrogen and oxygen atoms in total. The molecule has 1 atom stereocenters. The number of ether oxygens (including phenoxy) is 3. The number of allylic oxidation sites excluding steroid dienone is 1. The molecule has 4 N–H and O–H groups in total. The van der Waals surface area contributed by atoms with Crippen LogP contribution in [-0.2, 0) is 9.47 Å². The Hall–Kier alpha value is -2.56. The average Bonchev–Trinajstić information content (AvgIpc) is 2.66. The third-order valence-corrected chi connectivity index (χ3v) is 4.17. The fourth-order valence-corrected chi connectivity index (χ4v) is 2.41. The Morgan fingerprint density at radius 1 is 1.37 bits per heavy atom. The zero-order valence-electron chi connectivity index (χ0n) is 16.0.